The molecule has 0 atom stereocenters. The Kier molecular flexibility index (Phi) is 9.36. The van der Waals surface area contributed by atoms with Crippen molar-refractivity contribution in [2.24, 2.45) is 0 Å². The molecule has 0 heterocycles. The minimum Gasteiger partial charge on any atom is -0.489 e. The van der Waals surface area contributed by atoms with E-state index in [1.54, 1.807) is 0 Å². The van der Waals surface area contributed by atoms with Crippen LogP contribution in [0, 0.1) is 0 Å². The third-order valence-corrected chi connectivity index (χ3v) is 3.46. The average Bonchev–Trinajstić information content (AvgIpc) is 2.55. The number of benzene rings is 2. The molecule has 0 aliphatic rings. The number of rotatable bonds is 9. The van der Waals surface area contributed by atoms with E-state index in [-0.39, 0.29) is 12.4 Å². The van der Waals surface area contributed by atoms with Crippen LogP contribution in [0.4, 0.5) is 0 Å². The second-order valence-electron chi connectivity index (χ2n) is 5.30. The molecule has 22 heavy (non-hydrogen) atoms. The maximum absolute atomic E-state index is 5.78. The molecule has 0 fully saturated rings. The SMILES string of the molecule is CCCCCNCc1ccc(OCc2ccccc2)cc1.Cl. The van der Waals surface area contributed by atoms with Gasteiger partial charge in [-0.15, -0.1) is 12.4 Å². The van der Waals surface area contributed by atoms with Crippen molar-refractivity contribution >= 4 is 12.4 Å². The lowest BCUT2D eigenvalue weighted by Crippen LogP contribution is -2.14. The number of unbranched alkanes of at least 4 members (excludes halogenated alkanes) is 2. The van der Waals surface area contributed by atoms with Gasteiger partial charge in [0.1, 0.15) is 12.4 Å². The Bertz CT molecular complexity index is 499. The lowest BCUT2D eigenvalue weighted by Gasteiger charge is -2.08. The molecule has 0 aliphatic heterocycles. The highest BCUT2D eigenvalue weighted by atomic mass is 35.5. The van der Waals surface area contributed by atoms with E-state index in [2.05, 4.69) is 36.5 Å². The number of ether oxygens (including phenoxy) is 1. The summed E-state index contributed by atoms with van der Waals surface area (Å²) in [6.45, 7) is 4.88. The van der Waals surface area contributed by atoms with Crippen LogP contribution in [0.2, 0.25) is 0 Å². The molecule has 0 spiro atoms. The molecule has 0 radical (unpaired) electrons. The van der Waals surface area contributed by atoms with Crippen LogP contribution in [0.1, 0.15) is 37.3 Å². The summed E-state index contributed by atoms with van der Waals surface area (Å²) in [6.07, 6.45) is 3.84. The van der Waals surface area contributed by atoms with Gasteiger partial charge >= 0.3 is 0 Å². The second-order valence-corrected chi connectivity index (χ2v) is 5.30. The van der Waals surface area contributed by atoms with E-state index in [9.17, 15) is 0 Å². The molecule has 0 aliphatic carbocycles. The van der Waals surface area contributed by atoms with Crippen molar-refractivity contribution in [1.29, 1.82) is 0 Å². The zero-order valence-corrected chi connectivity index (χ0v) is 14.1. The Morgan fingerprint density at radius 3 is 2.27 bits per heavy atom. The Morgan fingerprint density at radius 2 is 1.59 bits per heavy atom. The Morgan fingerprint density at radius 1 is 0.864 bits per heavy atom. The van der Waals surface area contributed by atoms with Crippen LogP contribution >= 0.6 is 12.4 Å². The van der Waals surface area contributed by atoms with Crippen molar-refractivity contribution in [3.63, 3.8) is 0 Å². The molecule has 2 rings (SSSR count). The van der Waals surface area contributed by atoms with Crippen LogP contribution in [-0.4, -0.2) is 6.54 Å². The fourth-order valence-electron chi connectivity index (χ4n) is 2.18. The summed E-state index contributed by atoms with van der Waals surface area (Å²) < 4.78 is 5.78. The molecule has 2 aromatic carbocycles. The molecule has 2 nitrogen and oxygen atoms in total. The summed E-state index contributed by atoms with van der Waals surface area (Å²) in [5, 5.41) is 3.47. The van der Waals surface area contributed by atoms with Gasteiger partial charge in [-0.25, -0.2) is 0 Å². The third-order valence-electron chi connectivity index (χ3n) is 3.46. The summed E-state index contributed by atoms with van der Waals surface area (Å²) in [7, 11) is 0. The van der Waals surface area contributed by atoms with Gasteiger partial charge in [0.05, 0.1) is 0 Å². The summed E-state index contributed by atoms with van der Waals surface area (Å²) in [5.74, 6) is 0.925. The van der Waals surface area contributed by atoms with E-state index in [0.717, 1.165) is 18.8 Å². The molecule has 2 aromatic rings. The molecule has 0 bridgehead atoms. The van der Waals surface area contributed by atoms with Gasteiger partial charge in [0.25, 0.3) is 0 Å². The van der Waals surface area contributed by atoms with Gasteiger partial charge < -0.3 is 10.1 Å². The lowest BCUT2D eigenvalue weighted by atomic mass is 10.2. The standard InChI is InChI=1S/C19H25NO.ClH/c1-2-3-7-14-20-15-17-10-12-19(13-11-17)21-16-18-8-5-4-6-9-18;/h4-6,8-13,20H,2-3,7,14-16H2,1H3;1H. The van der Waals surface area contributed by atoms with Crippen molar-refractivity contribution < 1.29 is 4.74 Å². The van der Waals surface area contributed by atoms with Gasteiger partial charge in [-0.3, -0.25) is 0 Å². The first kappa shape index (κ1) is 18.5. The van der Waals surface area contributed by atoms with Crippen LogP contribution in [0.3, 0.4) is 0 Å². The molecule has 0 saturated carbocycles. The highest BCUT2D eigenvalue weighted by Crippen LogP contribution is 2.14. The molecule has 3 heteroatoms. The predicted octanol–water partition coefficient (Wildman–Crippen LogP) is 4.97. The number of hydrogen-bond acceptors (Lipinski definition) is 2. The number of halogens is 1. The van der Waals surface area contributed by atoms with E-state index in [0.29, 0.717) is 6.61 Å². The molecule has 0 aromatic heterocycles. The second kappa shape index (κ2) is 11.1. The van der Waals surface area contributed by atoms with Gasteiger partial charge in [0, 0.05) is 6.54 Å². The first-order valence-corrected chi connectivity index (χ1v) is 7.85. The summed E-state index contributed by atoms with van der Waals surface area (Å²) in [6, 6.07) is 18.6. The Balaban J connectivity index is 0.00000242. The summed E-state index contributed by atoms with van der Waals surface area (Å²) in [4.78, 5) is 0. The van der Waals surface area contributed by atoms with Crippen molar-refractivity contribution in [3.8, 4) is 5.75 Å². The zero-order valence-electron chi connectivity index (χ0n) is 13.3. The normalized spacial score (nSPS) is 10.0. The topological polar surface area (TPSA) is 21.3 Å². The first-order valence-electron chi connectivity index (χ1n) is 7.85. The van der Waals surface area contributed by atoms with Gasteiger partial charge in [-0.1, -0.05) is 62.2 Å². The molecule has 0 amide bonds. The smallest absolute Gasteiger partial charge is 0.119 e. The molecular weight excluding hydrogens is 294 g/mol. The van der Waals surface area contributed by atoms with Gasteiger partial charge in [-0.05, 0) is 36.2 Å². The van der Waals surface area contributed by atoms with Crippen molar-refractivity contribution in [1.82, 2.24) is 5.32 Å². The molecule has 1 N–H and O–H groups in total. The van der Waals surface area contributed by atoms with E-state index in [4.69, 9.17) is 4.74 Å². The molecular formula is C19H26ClNO. The number of nitrogens with one attached hydrogen (secondary N) is 1. The van der Waals surface area contributed by atoms with Gasteiger partial charge in [-0.2, -0.15) is 0 Å². The van der Waals surface area contributed by atoms with Crippen LogP contribution in [0.15, 0.2) is 54.6 Å². The van der Waals surface area contributed by atoms with Crippen LogP contribution in [0.25, 0.3) is 0 Å². The predicted molar refractivity (Wildman–Crippen MR) is 95.7 cm³/mol. The summed E-state index contributed by atoms with van der Waals surface area (Å²) in [5.41, 5.74) is 2.50. The van der Waals surface area contributed by atoms with Crippen LogP contribution < -0.4 is 10.1 Å². The van der Waals surface area contributed by atoms with Crippen molar-refractivity contribution in [2.45, 2.75) is 39.3 Å². The van der Waals surface area contributed by atoms with Crippen LogP contribution in [0.5, 0.6) is 5.75 Å². The summed E-state index contributed by atoms with van der Waals surface area (Å²) >= 11 is 0. The molecule has 120 valence electrons. The maximum Gasteiger partial charge on any atom is 0.119 e. The Hall–Kier alpha value is -1.51. The highest BCUT2D eigenvalue weighted by molar-refractivity contribution is 5.85. The fourth-order valence-corrected chi connectivity index (χ4v) is 2.18. The monoisotopic (exact) mass is 319 g/mol. The number of hydrogen-bond donors (Lipinski definition) is 1. The van der Waals surface area contributed by atoms with E-state index >= 15 is 0 Å². The maximum atomic E-state index is 5.78. The van der Waals surface area contributed by atoms with Crippen molar-refractivity contribution in [3.05, 3.63) is 65.7 Å². The Labute approximate surface area is 140 Å². The van der Waals surface area contributed by atoms with E-state index in [1.165, 1.54) is 30.4 Å². The molecule has 0 unspecified atom stereocenters. The molecule has 0 saturated heterocycles. The van der Waals surface area contributed by atoms with Crippen LogP contribution in [-0.2, 0) is 13.2 Å². The highest BCUT2D eigenvalue weighted by Gasteiger charge is 1.97. The van der Waals surface area contributed by atoms with E-state index < -0.39 is 0 Å². The van der Waals surface area contributed by atoms with Gasteiger partial charge in [0.2, 0.25) is 0 Å². The first-order chi connectivity index (χ1) is 10.4. The minimum atomic E-state index is 0. The zero-order chi connectivity index (χ0) is 14.8. The third kappa shape index (κ3) is 6.97. The van der Waals surface area contributed by atoms with E-state index in [1.807, 2.05) is 30.3 Å². The lowest BCUT2D eigenvalue weighted by molar-refractivity contribution is 0.306. The van der Waals surface area contributed by atoms with Gasteiger partial charge in [0.15, 0.2) is 0 Å². The quantitative estimate of drug-likeness (QED) is 0.659. The largest absolute Gasteiger partial charge is 0.489 e. The minimum absolute atomic E-state index is 0. The fraction of sp³-hybridized carbons (Fsp3) is 0.368. The van der Waals surface area contributed by atoms with Crippen molar-refractivity contribution in [2.75, 3.05) is 6.54 Å². The average molecular weight is 320 g/mol.